The molecule has 0 radical (unpaired) electrons. The van der Waals surface area contributed by atoms with Crippen molar-refractivity contribution in [3.8, 4) is 0 Å². The molecule has 0 saturated carbocycles. The summed E-state index contributed by atoms with van der Waals surface area (Å²) in [5.74, 6) is 0. The molecule has 0 amide bonds. The average Bonchev–Trinajstić information content (AvgIpc) is 2.26. The summed E-state index contributed by atoms with van der Waals surface area (Å²) in [6.45, 7) is 0. The van der Waals surface area contributed by atoms with E-state index in [4.69, 9.17) is 0 Å². The van der Waals surface area contributed by atoms with Crippen LogP contribution in [-0.2, 0) is 6.18 Å². The second-order valence-electron chi connectivity index (χ2n) is 3.49. The van der Waals surface area contributed by atoms with Crippen molar-refractivity contribution in [2.24, 2.45) is 0 Å². The van der Waals surface area contributed by atoms with Gasteiger partial charge in [0.2, 0.25) is 0 Å². The molecule has 1 N–H and O–H groups in total. The van der Waals surface area contributed by atoms with Crippen LogP contribution < -0.4 is 5.32 Å². The number of nitrogens with one attached hydrogen (secondary N) is 1. The maximum absolute atomic E-state index is 12.8. The van der Waals surface area contributed by atoms with Crippen LogP contribution in [-0.4, -0.2) is 7.05 Å². The van der Waals surface area contributed by atoms with Gasteiger partial charge in [-0.25, -0.2) is 0 Å². The van der Waals surface area contributed by atoms with E-state index in [1.807, 2.05) is 0 Å². The quantitative estimate of drug-likeness (QED) is 0.776. The summed E-state index contributed by atoms with van der Waals surface area (Å²) >= 11 is 0. The Kier molecular flexibility index (Phi) is 2.50. The molecule has 0 aliphatic carbocycles. The smallest absolute Gasteiger partial charge is 0.388 e. The van der Waals surface area contributed by atoms with Crippen molar-refractivity contribution in [3.05, 3.63) is 42.0 Å². The number of benzene rings is 2. The van der Waals surface area contributed by atoms with Gasteiger partial charge in [0, 0.05) is 12.7 Å². The highest BCUT2D eigenvalue weighted by Crippen LogP contribution is 2.36. The Labute approximate surface area is 90.9 Å². The van der Waals surface area contributed by atoms with Crippen molar-refractivity contribution in [2.75, 3.05) is 12.4 Å². The van der Waals surface area contributed by atoms with Crippen LogP contribution in [0.5, 0.6) is 0 Å². The minimum absolute atomic E-state index is 0.231. The molecule has 0 aliphatic heterocycles. The molecule has 0 atom stereocenters. The molecule has 0 bridgehead atoms. The first-order chi connectivity index (χ1) is 7.52. The molecule has 0 aromatic heterocycles. The summed E-state index contributed by atoms with van der Waals surface area (Å²) in [6, 6.07) is 9.31. The van der Waals surface area contributed by atoms with Crippen LogP contribution in [0, 0.1) is 0 Å². The van der Waals surface area contributed by atoms with Gasteiger partial charge in [-0.2, -0.15) is 13.2 Å². The molecule has 0 spiro atoms. The van der Waals surface area contributed by atoms with Crippen LogP contribution >= 0.6 is 0 Å². The molecule has 0 aliphatic rings. The normalized spacial score (nSPS) is 11.8. The lowest BCUT2D eigenvalue weighted by Crippen LogP contribution is -2.06. The van der Waals surface area contributed by atoms with Crippen LogP contribution in [0.25, 0.3) is 10.8 Å². The number of hydrogen-bond acceptors (Lipinski definition) is 1. The molecular formula is C12H10F3N. The lowest BCUT2D eigenvalue weighted by molar-refractivity contribution is -0.136. The Balaban J connectivity index is 2.79. The van der Waals surface area contributed by atoms with Gasteiger partial charge in [0.05, 0.1) is 5.56 Å². The van der Waals surface area contributed by atoms with E-state index in [1.54, 1.807) is 31.3 Å². The molecule has 2 aromatic rings. The highest BCUT2D eigenvalue weighted by Gasteiger charge is 2.32. The number of fused-ring (bicyclic) bond motifs is 1. The zero-order chi connectivity index (χ0) is 11.8. The third-order valence-corrected chi connectivity index (χ3v) is 2.46. The van der Waals surface area contributed by atoms with E-state index in [1.165, 1.54) is 6.07 Å². The Morgan fingerprint density at radius 2 is 1.75 bits per heavy atom. The summed E-state index contributed by atoms with van der Waals surface area (Å²) in [7, 11) is 1.60. The van der Waals surface area contributed by atoms with E-state index >= 15 is 0 Å². The second kappa shape index (κ2) is 3.70. The minimum atomic E-state index is -4.33. The van der Waals surface area contributed by atoms with Gasteiger partial charge in [-0.15, -0.1) is 0 Å². The number of rotatable bonds is 1. The number of hydrogen-bond donors (Lipinski definition) is 1. The first kappa shape index (κ1) is 10.8. The summed E-state index contributed by atoms with van der Waals surface area (Å²) < 4.78 is 38.4. The van der Waals surface area contributed by atoms with Gasteiger partial charge in [-0.1, -0.05) is 24.3 Å². The van der Waals surface area contributed by atoms with Crippen LogP contribution in [0.3, 0.4) is 0 Å². The fourth-order valence-corrected chi connectivity index (χ4v) is 1.69. The second-order valence-corrected chi connectivity index (χ2v) is 3.49. The molecule has 0 unspecified atom stereocenters. The number of alkyl halides is 3. The van der Waals surface area contributed by atoms with E-state index in [2.05, 4.69) is 5.32 Å². The molecule has 2 aromatic carbocycles. The van der Waals surface area contributed by atoms with Crippen LogP contribution in [0.15, 0.2) is 36.4 Å². The zero-order valence-electron chi connectivity index (χ0n) is 8.60. The molecule has 2 rings (SSSR count). The molecule has 0 saturated heterocycles. The minimum Gasteiger partial charge on any atom is -0.388 e. The van der Waals surface area contributed by atoms with Crippen LogP contribution in [0.2, 0.25) is 0 Å². The lowest BCUT2D eigenvalue weighted by atomic mass is 10.0. The summed E-state index contributed by atoms with van der Waals surface area (Å²) in [5, 5.41) is 3.55. The van der Waals surface area contributed by atoms with E-state index in [9.17, 15) is 13.2 Å². The van der Waals surface area contributed by atoms with Gasteiger partial charge in [0.15, 0.2) is 0 Å². The van der Waals surface area contributed by atoms with Crippen LogP contribution in [0.4, 0.5) is 18.9 Å². The van der Waals surface area contributed by atoms with Gasteiger partial charge in [-0.05, 0) is 22.9 Å². The summed E-state index contributed by atoms with van der Waals surface area (Å²) in [4.78, 5) is 0. The van der Waals surface area contributed by atoms with Crippen molar-refractivity contribution in [1.82, 2.24) is 0 Å². The van der Waals surface area contributed by atoms with Crippen molar-refractivity contribution >= 4 is 16.5 Å². The summed E-state index contributed by atoms with van der Waals surface area (Å²) in [5.41, 5.74) is -0.138. The highest BCUT2D eigenvalue weighted by molar-refractivity contribution is 5.89. The van der Waals surface area contributed by atoms with Crippen molar-refractivity contribution in [2.45, 2.75) is 6.18 Å². The van der Waals surface area contributed by atoms with Crippen molar-refractivity contribution < 1.29 is 13.2 Å². The van der Waals surface area contributed by atoms with E-state index in [0.29, 0.717) is 11.1 Å². The molecule has 0 fully saturated rings. The van der Waals surface area contributed by atoms with E-state index < -0.39 is 11.7 Å². The van der Waals surface area contributed by atoms with Crippen LogP contribution in [0.1, 0.15) is 5.56 Å². The summed E-state index contributed by atoms with van der Waals surface area (Å²) in [6.07, 6.45) is -4.33. The topological polar surface area (TPSA) is 12.0 Å². The van der Waals surface area contributed by atoms with E-state index in [-0.39, 0.29) is 5.39 Å². The SMILES string of the molecule is CNc1cc(C(F)(F)F)c2ccccc2c1. The maximum atomic E-state index is 12.8. The molecule has 0 heterocycles. The van der Waals surface area contributed by atoms with Crippen molar-refractivity contribution in [1.29, 1.82) is 0 Å². The standard InChI is InChI=1S/C12H10F3N/c1-16-9-6-8-4-2-3-5-10(8)11(7-9)12(13,14)15/h2-7,16H,1H3. The lowest BCUT2D eigenvalue weighted by Gasteiger charge is -2.12. The maximum Gasteiger partial charge on any atom is 0.417 e. The zero-order valence-corrected chi connectivity index (χ0v) is 8.60. The first-order valence-corrected chi connectivity index (χ1v) is 4.80. The monoisotopic (exact) mass is 225 g/mol. The predicted molar refractivity (Wildman–Crippen MR) is 58.5 cm³/mol. The first-order valence-electron chi connectivity index (χ1n) is 4.80. The van der Waals surface area contributed by atoms with E-state index in [0.717, 1.165) is 6.07 Å². The van der Waals surface area contributed by atoms with Gasteiger partial charge in [-0.3, -0.25) is 0 Å². The Morgan fingerprint density at radius 3 is 2.38 bits per heavy atom. The fourth-order valence-electron chi connectivity index (χ4n) is 1.69. The molecule has 84 valence electrons. The van der Waals surface area contributed by atoms with Crippen molar-refractivity contribution in [3.63, 3.8) is 0 Å². The molecule has 1 nitrogen and oxygen atoms in total. The molecular weight excluding hydrogens is 215 g/mol. The molecule has 16 heavy (non-hydrogen) atoms. The number of anilines is 1. The Morgan fingerprint density at radius 1 is 1.06 bits per heavy atom. The van der Waals surface area contributed by atoms with Gasteiger partial charge in [0.25, 0.3) is 0 Å². The average molecular weight is 225 g/mol. The predicted octanol–water partition coefficient (Wildman–Crippen LogP) is 3.90. The third-order valence-electron chi connectivity index (χ3n) is 2.46. The van der Waals surface area contributed by atoms with Gasteiger partial charge in [0.1, 0.15) is 0 Å². The highest BCUT2D eigenvalue weighted by atomic mass is 19.4. The number of halogens is 3. The van der Waals surface area contributed by atoms with Gasteiger partial charge >= 0.3 is 6.18 Å². The largest absolute Gasteiger partial charge is 0.417 e. The third kappa shape index (κ3) is 1.83. The molecule has 4 heteroatoms. The fraction of sp³-hybridized carbons (Fsp3) is 0.167. The van der Waals surface area contributed by atoms with Gasteiger partial charge < -0.3 is 5.32 Å². The Hall–Kier alpha value is -1.71. The Bertz CT molecular complexity index is 517.